The predicted octanol–water partition coefficient (Wildman–Crippen LogP) is 7.91. The summed E-state index contributed by atoms with van der Waals surface area (Å²) in [4.78, 5) is 25.3. The van der Waals surface area contributed by atoms with Gasteiger partial charge in [0.1, 0.15) is 0 Å². The maximum Gasteiger partial charge on any atom is 0.435 e. The highest BCUT2D eigenvalue weighted by Gasteiger charge is 2.73. The van der Waals surface area contributed by atoms with E-state index in [0.29, 0.717) is 0 Å². The van der Waals surface area contributed by atoms with Crippen molar-refractivity contribution in [3.05, 3.63) is 86.9 Å². The van der Waals surface area contributed by atoms with Crippen LogP contribution in [0.5, 0.6) is 0 Å². The molecule has 42 heavy (non-hydrogen) atoms. The predicted molar refractivity (Wildman–Crippen MR) is 132 cm³/mol. The number of hydrogen-bond donors (Lipinski definition) is 2. The summed E-state index contributed by atoms with van der Waals surface area (Å²) in [6.45, 7) is 0. The zero-order chi connectivity index (χ0) is 31.8. The molecule has 0 atom stereocenters. The van der Waals surface area contributed by atoms with Crippen LogP contribution in [-0.4, -0.2) is 31.2 Å². The molecule has 0 aliphatic carbocycles. The minimum atomic E-state index is -6.69. The van der Waals surface area contributed by atoms with E-state index in [-0.39, 0.29) is 28.3 Å². The smallest absolute Gasteiger partial charge is 0.355 e. The Bertz CT molecular complexity index is 1580. The minimum absolute atomic E-state index is 0.00683. The highest BCUT2D eigenvalue weighted by Crippen LogP contribution is 2.55. The summed E-state index contributed by atoms with van der Waals surface area (Å²) in [6.07, 6.45) is -19.0. The fourth-order valence-electron chi connectivity index (χ4n) is 3.89. The van der Waals surface area contributed by atoms with Crippen LogP contribution in [0.1, 0.15) is 37.4 Å². The summed E-state index contributed by atoms with van der Waals surface area (Å²) < 4.78 is 134. The highest BCUT2D eigenvalue weighted by atomic mass is 79.9. The summed E-state index contributed by atoms with van der Waals surface area (Å²) in [7, 11) is 1.33. The van der Waals surface area contributed by atoms with Crippen molar-refractivity contribution in [2.45, 2.75) is 24.2 Å². The molecule has 5 nitrogen and oxygen atoms in total. The Kier molecular flexibility index (Phi) is 8.69. The molecule has 0 radical (unpaired) electrons. The first-order valence-electron chi connectivity index (χ1n) is 11.2. The number of benzene rings is 3. The molecule has 2 amide bonds. The number of alkyl halides is 10. The normalized spacial score (nSPS) is 12.5. The molecule has 222 valence electrons. The lowest BCUT2D eigenvalue weighted by Gasteiger charge is -2.31. The fourth-order valence-corrected chi connectivity index (χ4v) is 4.45. The number of carbonyl (C=O) groups excluding carboxylic acids is 2. The molecule has 0 saturated heterocycles. The van der Waals surface area contributed by atoms with Gasteiger partial charge in [-0.05, 0) is 57.9 Å². The van der Waals surface area contributed by atoms with Crippen molar-refractivity contribution in [1.82, 2.24) is 5.32 Å². The summed E-state index contributed by atoms with van der Waals surface area (Å²) in [5.41, 5.74) is -12.4. The average molecular weight is 670 g/mol. The van der Waals surface area contributed by atoms with Gasteiger partial charge in [0, 0.05) is 33.8 Å². The molecule has 0 aromatic heterocycles. The van der Waals surface area contributed by atoms with Gasteiger partial charge in [0.2, 0.25) is 0 Å². The Morgan fingerprint density at radius 3 is 1.93 bits per heavy atom. The van der Waals surface area contributed by atoms with Gasteiger partial charge in [0.05, 0.1) is 22.9 Å². The van der Waals surface area contributed by atoms with Gasteiger partial charge in [0.25, 0.3) is 11.8 Å². The quantitative estimate of drug-likeness (QED) is 0.271. The Morgan fingerprint density at radius 2 is 1.40 bits per heavy atom. The van der Waals surface area contributed by atoms with Gasteiger partial charge in [-0.1, -0.05) is 18.2 Å². The first-order valence-corrected chi connectivity index (χ1v) is 12.0. The number of carbonyl (C=O) groups is 2. The lowest BCUT2D eigenvalue weighted by atomic mass is 9.91. The minimum Gasteiger partial charge on any atom is -0.355 e. The van der Waals surface area contributed by atoms with Crippen LogP contribution in [0, 0.1) is 11.3 Å². The van der Waals surface area contributed by atoms with Gasteiger partial charge >= 0.3 is 24.2 Å². The van der Waals surface area contributed by atoms with Crippen LogP contribution < -0.4 is 10.6 Å². The van der Waals surface area contributed by atoms with E-state index in [1.807, 2.05) is 6.07 Å². The molecule has 0 bridgehead atoms. The molecule has 0 saturated carbocycles. The van der Waals surface area contributed by atoms with Crippen LogP contribution >= 0.6 is 15.9 Å². The SMILES string of the molecule is CNC(=O)c1ccccc1-c1cc(C(=O)Nc2c(Br)cc(C(F)(C(F)(F)F)C(F)(F)F)cc2C(F)(F)F)ccc1C#N. The van der Waals surface area contributed by atoms with E-state index in [4.69, 9.17) is 0 Å². The maximum atomic E-state index is 14.6. The monoisotopic (exact) mass is 669 g/mol. The Morgan fingerprint density at radius 1 is 0.810 bits per heavy atom. The van der Waals surface area contributed by atoms with Gasteiger partial charge in [-0.25, -0.2) is 4.39 Å². The average Bonchev–Trinajstić information content (AvgIpc) is 2.90. The summed E-state index contributed by atoms with van der Waals surface area (Å²) >= 11 is 2.42. The number of hydrogen-bond acceptors (Lipinski definition) is 3. The number of amides is 2. The van der Waals surface area contributed by atoms with Crippen molar-refractivity contribution in [1.29, 1.82) is 5.26 Å². The molecule has 0 unspecified atom stereocenters. The highest BCUT2D eigenvalue weighted by molar-refractivity contribution is 9.10. The van der Waals surface area contributed by atoms with Crippen molar-refractivity contribution >= 4 is 33.4 Å². The second-order valence-corrected chi connectivity index (χ2v) is 9.34. The summed E-state index contributed by atoms with van der Waals surface area (Å²) in [6, 6.07) is 9.95. The molecule has 0 fully saturated rings. The molecule has 3 rings (SSSR count). The molecule has 2 N–H and O–H groups in total. The van der Waals surface area contributed by atoms with Crippen LogP contribution in [0.15, 0.2) is 59.1 Å². The number of nitrogens with zero attached hydrogens (tertiary/aromatic N) is 1. The van der Waals surface area contributed by atoms with Crippen LogP contribution in [0.25, 0.3) is 11.1 Å². The van der Waals surface area contributed by atoms with E-state index >= 15 is 0 Å². The van der Waals surface area contributed by atoms with Gasteiger partial charge in [0.15, 0.2) is 0 Å². The number of nitriles is 1. The van der Waals surface area contributed by atoms with Crippen LogP contribution in [-0.2, 0) is 11.8 Å². The van der Waals surface area contributed by atoms with E-state index in [0.717, 1.165) is 18.2 Å². The van der Waals surface area contributed by atoms with Crippen molar-refractivity contribution < 1.29 is 53.5 Å². The summed E-state index contributed by atoms with van der Waals surface area (Å²) in [5.74, 6) is -1.92. The molecule has 16 heteroatoms. The third-order valence-electron chi connectivity index (χ3n) is 5.90. The van der Waals surface area contributed by atoms with E-state index in [9.17, 15) is 58.8 Å². The van der Waals surface area contributed by atoms with E-state index < -0.39 is 68.9 Å². The zero-order valence-corrected chi connectivity index (χ0v) is 22.2. The molecular weight excluding hydrogens is 656 g/mol. The lowest BCUT2D eigenvalue weighted by molar-refractivity contribution is -0.348. The zero-order valence-electron chi connectivity index (χ0n) is 20.6. The fraction of sp³-hybridized carbons (Fsp3) is 0.192. The van der Waals surface area contributed by atoms with Crippen LogP contribution in [0.3, 0.4) is 0 Å². The molecule has 3 aromatic rings. The van der Waals surface area contributed by atoms with Gasteiger partial charge in [-0.15, -0.1) is 0 Å². The Balaban J connectivity index is 2.17. The number of anilines is 1. The van der Waals surface area contributed by atoms with Gasteiger partial charge < -0.3 is 10.6 Å². The second kappa shape index (κ2) is 11.3. The first kappa shape index (κ1) is 32.4. The van der Waals surface area contributed by atoms with Crippen LogP contribution in [0.4, 0.5) is 49.6 Å². The van der Waals surface area contributed by atoms with E-state index in [1.54, 1.807) is 5.32 Å². The van der Waals surface area contributed by atoms with Gasteiger partial charge in [-0.2, -0.15) is 44.8 Å². The largest absolute Gasteiger partial charge is 0.435 e. The number of halogens is 11. The van der Waals surface area contributed by atoms with Crippen molar-refractivity contribution in [3.63, 3.8) is 0 Å². The molecule has 0 aliphatic rings. The van der Waals surface area contributed by atoms with Crippen LogP contribution in [0.2, 0.25) is 0 Å². The third kappa shape index (κ3) is 5.91. The number of rotatable bonds is 5. The van der Waals surface area contributed by atoms with Crippen molar-refractivity contribution in [2.75, 3.05) is 12.4 Å². The molecule has 0 spiro atoms. The van der Waals surface area contributed by atoms with Crippen molar-refractivity contribution in [2.24, 2.45) is 0 Å². The first-order chi connectivity index (χ1) is 19.3. The third-order valence-corrected chi connectivity index (χ3v) is 6.53. The molecule has 0 aliphatic heterocycles. The second-order valence-electron chi connectivity index (χ2n) is 8.48. The van der Waals surface area contributed by atoms with Gasteiger partial charge in [-0.3, -0.25) is 9.59 Å². The molecule has 3 aromatic carbocycles. The molecule has 0 heterocycles. The lowest BCUT2D eigenvalue weighted by Crippen LogP contribution is -2.50. The number of nitrogens with one attached hydrogen (secondary N) is 2. The van der Waals surface area contributed by atoms with Crippen molar-refractivity contribution in [3.8, 4) is 17.2 Å². The Hall–Kier alpha value is -4.13. The Labute approximate surface area is 238 Å². The molecular formula is C26H14BrF10N3O2. The topological polar surface area (TPSA) is 82.0 Å². The van der Waals surface area contributed by atoms with E-state index in [1.165, 1.54) is 31.3 Å². The summed E-state index contributed by atoms with van der Waals surface area (Å²) in [5, 5.41) is 13.7. The standard InChI is InChI=1S/C26H14BrF10N3O2/c1-39-22(42)16-5-3-2-4-15(16)17-8-12(6-7-13(17)11-38)21(41)40-20-18(24(29,30)31)9-14(10-19(20)27)23(28,25(32,33)34)26(35,36)37/h2-10H,1H3,(H,39,42)(H,40,41). The van der Waals surface area contributed by atoms with E-state index in [2.05, 4.69) is 21.2 Å². The maximum absolute atomic E-state index is 14.6.